The van der Waals surface area contributed by atoms with Crippen LogP contribution < -0.4 is 4.74 Å². The van der Waals surface area contributed by atoms with Gasteiger partial charge in [-0.1, -0.05) is 12.1 Å². The van der Waals surface area contributed by atoms with Gasteiger partial charge in [0.25, 0.3) is 0 Å². The molecule has 0 bridgehead atoms. The third kappa shape index (κ3) is 4.14. The molecule has 1 aliphatic carbocycles. The van der Waals surface area contributed by atoms with Gasteiger partial charge in [-0.25, -0.2) is 15.0 Å². The molecule has 31 heavy (non-hydrogen) atoms. The first-order valence-corrected chi connectivity index (χ1v) is 10.1. The van der Waals surface area contributed by atoms with Crippen molar-refractivity contribution in [1.29, 1.82) is 0 Å². The maximum Gasteiger partial charge on any atom is 0.167 e. The lowest BCUT2D eigenvalue weighted by Gasteiger charge is -2.26. The third-order valence-electron chi connectivity index (χ3n) is 5.47. The average Bonchev–Trinajstić information content (AvgIpc) is 2.79. The highest BCUT2D eigenvalue weighted by atomic mass is 16.5. The Kier molecular flexibility index (Phi) is 5.46. The smallest absolute Gasteiger partial charge is 0.167 e. The first-order chi connectivity index (χ1) is 14.9. The zero-order valence-corrected chi connectivity index (χ0v) is 18.1. The second kappa shape index (κ2) is 8.22. The summed E-state index contributed by atoms with van der Waals surface area (Å²) in [7, 11) is 3.29. The van der Waals surface area contributed by atoms with E-state index in [2.05, 4.69) is 18.0 Å². The molecule has 0 fully saturated rings. The summed E-state index contributed by atoms with van der Waals surface area (Å²) < 4.78 is 10.6. The molecule has 1 heterocycles. The van der Waals surface area contributed by atoms with E-state index in [0.29, 0.717) is 29.5 Å². The van der Waals surface area contributed by atoms with Crippen LogP contribution in [-0.4, -0.2) is 34.3 Å². The molecule has 158 valence electrons. The van der Waals surface area contributed by atoms with Crippen LogP contribution in [0.2, 0.25) is 0 Å². The van der Waals surface area contributed by atoms with E-state index in [1.165, 1.54) is 0 Å². The summed E-state index contributed by atoms with van der Waals surface area (Å²) in [6.45, 7) is 4.01. The Bertz CT molecular complexity index is 1170. The summed E-state index contributed by atoms with van der Waals surface area (Å²) in [4.78, 5) is 14.3. The zero-order valence-electron chi connectivity index (χ0n) is 18.1. The molecular formula is C25H25N3O3. The number of phenolic OH excluding ortho intramolecular Hbond substituents is 1. The quantitative estimate of drug-likeness (QED) is 0.634. The summed E-state index contributed by atoms with van der Waals surface area (Å²) in [6, 6.07) is 13.1. The Morgan fingerprint density at radius 1 is 0.935 bits per heavy atom. The van der Waals surface area contributed by atoms with Crippen molar-refractivity contribution in [3.05, 3.63) is 77.8 Å². The maximum absolute atomic E-state index is 10.5. The number of phenols is 1. The molecule has 3 aromatic rings. The van der Waals surface area contributed by atoms with Crippen LogP contribution in [0.3, 0.4) is 0 Å². The SMILES string of the molecule is COC1=CCC(C)(c2nc(-c3ccc(OC)cc3)nc(-c3ccc(C)cc3O)n2)C=C1. The van der Waals surface area contributed by atoms with Crippen molar-refractivity contribution < 1.29 is 14.6 Å². The van der Waals surface area contributed by atoms with Crippen LogP contribution in [0.5, 0.6) is 11.5 Å². The van der Waals surface area contributed by atoms with Crippen LogP contribution in [0, 0.1) is 6.92 Å². The van der Waals surface area contributed by atoms with E-state index in [0.717, 1.165) is 22.6 Å². The molecule has 0 spiro atoms. The van der Waals surface area contributed by atoms with Crippen molar-refractivity contribution >= 4 is 0 Å². The zero-order chi connectivity index (χ0) is 22.0. The summed E-state index contributed by atoms with van der Waals surface area (Å²) in [5, 5.41) is 10.5. The molecule has 1 aliphatic rings. The highest BCUT2D eigenvalue weighted by Gasteiger charge is 2.30. The molecular weight excluding hydrogens is 390 g/mol. The first-order valence-electron chi connectivity index (χ1n) is 10.1. The summed E-state index contributed by atoms with van der Waals surface area (Å²) in [5.41, 5.74) is 1.95. The van der Waals surface area contributed by atoms with Crippen LogP contribution in [0.4, 0.5) is 0 Å². The number of methoxy groups -OCH3 is 2. The second-order valence-corrected chi connectivity index (χ2v) is 7.82. The molecule has 1 aromatic heterocycles. The van der Waals surface area contributed by atoms with Crippen LogP contribution in [0.25, 0.3) is 22.8 Å². The summed E-state index contributed by atoms with van der Waals surface area (Å²) in [5.74, 6) is 3.32. The fourth-order valence-electron chi connectivity index (χ4n) is 3.48. The van der Waals surface area contributed by atoms with E-state index < -0.39 is 5.41 Å². The molecule has 1 unspecified atom stereocenters. The third-order valence-corrected chi connectivity index (χ3v) is 5.47. The Labute approximate surface area is 181 Å². The number of aryl methyl sites for hydroxylation is 1. The minimum Gasteiger partial charge on any atom is -0.507 e. The average molecular weight is 415 g/mol. The van der Waals surface area contributed by atoms with E-state index in [1.807, 2.05) is 55.5 Å². The van der Waals surface area contributed by atoms with Gasteiger partial charge in [-0.2, -0.15) is 0 Å². The van der Waals surface area contributed by atoms with Gasteiger partial charge in [-0.3, -0.25) is 0 Å². The number of benzene rings is 2. The van der Waals surface area contributed by atoms with Gasteiger partial charge in [0.05, 0.1) is 19.8 Å². The summed E-state index contributed by atoms with van der Waals surface area (Å²) >= 11 is 0. The standard InChI is InChI=1S/C25H25N3O3/c1-16-5-10-20(21(29)15-16)23-26-22(17-6-8-18(30-3)9-7-17)27-24(28-23)25(2)13-11-19(31-4)12-14-25/h5-13,15,29H,14H2,1-4H3. The van der Waals surface area contributed by atoms with E-state index in [9.17, 15) is 5.11 Å². The number of aromatic hydroxyl groups is 1. The Morgan fingerprint density at radius 2 is 1.68 bits per heavy atom. The maximum atomic E-state index is 10.5. The van der Waals surface area contributed by atoms with Crippen LogP contribution in [-0.2, 0) is 10.2 Å². The van der Waals surface area contributed by atoms with Gasteiger partial charge in [-0.05, 0) is 74.4 Å². The number of hydrogen-bond acceptors (Lipinski definition) is 6. The molecule has 0 saturated carbocycles. The Hall–Kier alpha value is -3.67. The highest BCUT2D eigenvalue weighted by molar-refractivity contribution is 5.67. The van der Waals surface area contributed by atoms with Crippen molar-refractivity contribution in [1.82, 2.24) is 15.0 Å². The number of aromatic nitrogens is 3. The fourth-order valence-corrected chi connectivity index (χ4v) is 3.48. The molecule has 1 N–H and O–H groups in total. The minimum atomic E-state index is -0.429. The predicted octanol–water partition coefficient (Wildman–Crippen LogP) is 4.98. The number of ether oxygens (including phenoxy) is 2. The van der Waals surface area contributed by atoms with Gasteiger partial charge < -0.3 is 14.6 Å². The normalized spacial score (nSPS) is 17.9. The van der Waals surface area contributed by atoms with Gasteiger partial charge in [0, 0.05) is 11.0 Å². The van der Waals surface area contributed by atoms with Crippen LogP contribution in [0.15, 0.2) is 66.5 Å². The molecule has 2 aromatic carbocycles. The first kappa shape index (κ1) is 20.6. The predicted molar refractivity (Wildman–Crippen MR) is 120 cm³/mol. The lowest BCUT2D eigenvalue weighted by Crippen LogP contribution is -2.25. The lowest BCUT2D eigenvalue weighted by atomic mass is 9.82. The van der Waals surface area contributed by atoms with Crippen molar-refractivity contribution in [2.45, 2.75) is 25.7 Å². The molecule has 4 rings (SSSR count). The molecule has 0 aliphatic heterocycles. The van der Waals surface area contributed by atoms with Crippen molar-refractivity contribution in [2.75, 3.05) is 14.2 Å². The molecule has 1 atom stereocenters. The van der Waals surface area contributed by atoms with E-state index in [-0.39, 0.29) is 5.75 Å². The summed E-state index contributed by atoms with van der Waals surface area (Å²) in [6.07, 6.45) is 6.71. The number of nitrogens with zero attached hydrogens (tertiary/aromatic N) is 3. The number of rotatable bonds is 5. The van der Waals surface area contributed by atoms with Gasteiger partial charge in [0.2, 0.25) is 0 Å². The van der Waals surface area contributed by atoms with Crippen LogP contribution >= 0.6 is 0 Å². The fraction of sp³-hybridized carbons (Fsp3) is 0.240. The Morgan fingerprint density at radius 3 is 2.29 bits per heavy atom. The van der Waals surface area contributed by atoms with E-state index in [4.69, 9.17) is 19.4 Å². The molecule has 0 amide bonds. The van der Waals surface area contributed by atoms with Crippen LogP contribution in [0.1, 0.15) is 24.7 Å². The molecule has 6 heteroatoms. The van der Waals surface area contributed by atoms with Crippen molar-refractivity contribution in [3.8, 4) is 34.3 Å². The minimum absolute atomic E-state index is 0.142. The molecule has 0 saturated heterocycles. The number of hydrogen-bond donors (Lipinski definition) is 1. The van der Waals surface area contributed by atoms with E-state index >= 15 is 0 Å². The molecule has 0 radical (unpaired) electrons. The van der Waals surface area contributed by atoms with Gasteiger partial charge in [0.15, 0.2) is 11.6 Å². The lowest BCUT2D eigenvalue weighted by molar-refractivity contribution is 0.299. The monoisotopic (exact) mass is 415 g/mol. The Balaban J connectivity index is 1.86. The molecule has 6 nitrogen and oxygen atoms in total. The second-order valence-electron chi connectivity index (χ2n) is 7.82. The highest BCUT2D eigenvalue weighted by Crippen LogP contribution is 2.35. The van der Waals surface area contributed by atoms with Crippen molar-refractivity contribution in [3.63, 3.8) is 0 Å². The number of allylic oxidation sites excluding steroid dienone is 3. The van der Waals surface area contributed by atoms with E-state index in [1.54, 1.807) is 20.3 Å². The van der Waals surface area contributed by atoms with Crippen molar-refractivity contribution in [2.24, 2.45) is 0 Å². The van der Waals surface area contributed by atoms with Gasteiger partial charge >= 0.3 is 0 Å². The van der Waals surface area contributed by atoms with Gasteiger partial charge in [0.1, 0.15) is 23.1 Å². The van der Waals surface area contributed by atoms with Gasteiger partial charge in [-0.15, -0.1) is 0 Å². The topological polar surface area (TPSA) is 77.4 Å². The largest absolute Gasteiger partial charge is 0.507 e.